The van der Waals surface area contributed by atoms with Gasteiger partial charge in [-0.3, -0.25) is 4.79 Å². The van der Waals surface area contributed by atoms with Crippen molar-refractivity contribution in [1.82, 2.24) is 10.2 Å². The lowest BCUT2D eigenvalue weighted by Crippen LogP contribution is -2.45. The van der Waals surface area contributed by atoms with Crippen LogP contribution in [0.1, 0.15) is 26.2 Å². The van der Waals surface area contributed by atoms with Gasteiger partial charge in [-0.25, -0.2) is 0 Å². The number of rotatable bonds is 6. The molecular weight excluding hydrogens is 261 g/mol. The van der Waals surface area contributed by atoms with Crippen LogP contribution in [-0.4, -0.2) is 55.9 Å². The van der Waals surface area contributed by atoms with E-state index in [1.54, 1.807) is 0 Å². The number of unbranched alkanes of at least 4 members (excludes halogenated alkanes) is 1. The van der Waals surface area contributed by atoms with Crippen molar-refractivity contribution < 1.29 is 22.7 Å². The standard InChI is InChI=1S/C12H21F3N2O2/c1-2-3-5-17(9-12(13,14)15)11(18)7-10-8-16-4-6-19-10/h10,16H,2-9H2,1H3. The molecule has 1 unspecified atom stereocenters. The minimum absolute atomic E-state index is 0.00674. The lowest BCUT2D eigenvalue weighted by molar-refractivity contribution is -0.163. The van der Waals surface area contributed by atoms with Gasteiger partial charge in [0.25, 0.3) is 0 Å². The summed E-state index contributed by atoms with van der Waals surface area (Å²) in [5.74, 6) is -0.487. The molecule has 1 N–H and O–H groups in total. The predicted molar refractivity (Wildman–Crippen MR) is 64.8 cm³/mol. The molecule has 1 fully saturated rings. The number of alkyl halides is 3. The van der Waals surface area contributed by atoms with Gasteiger partial charge in [0.1, 0.15) is 6.54 Å². The van der Waals surface area contributed by atoms with Gasteiger partial charge in [-0.1, -0.05) is 13.3 Å². The quantitative estimate of drug-likeness (QED) is 0.804. The van der Waals surface area contributed by atoms with Crippen LogP contribution in [0.5, 0.6) is 0 Å². The summed E-state index contributed by atoms with van der Waals surface area (Å²) in [7, 11) is 0. The molecule has 0 spiro atoms. The Morgan fingerprint density at radius 1 is 1.47 bits per heavy atom. The van der Waals surface area contributed by atoms with E-state index in [-0.39, 0.29) is 19.1 Å². The molecule has 1 aliphatic heterocycles. The van der Waals surface area contributed by atoms with Crippen molar-refractivity contribution in [3.05, 3.63) is 0 Å². The molecule has 1 rings (SSSR count). The lowest BCUT2D eigenvalue weighted by atomic mass is 10.2. The third kappa shape index (κ3) is 6.77. The first-order valence-corrected chi connectivity index (χ1v) is 6.59. The van der Waals surface area contributed by atoms with Gasteiger partial charge < -0.3 is 15.0 Å². The Morgan fingerprint density at radius 2 is 2.21 bits per heavy atom. The predicted octanol–water partition coefficient (Wildman–Crippen LogP) is 1.56. The van der Waals surface area contributed by atoms with Crippen LogP contribution in [0.3, 0.4) is 0 Å². The molecule has 7 heteroatoms. The van der Waals surface area contributed by atoms with Crippen LogP contribution < -0.4 is 5.32 Å². The van der Waals surface area contributed by atoms with E-state index >= 15 is 0 Å². The van der Waals surface area contributed by atoms with E-state index in [4.69, 9.17) is 4.74 Å². The first kappa shape index (κ1) is 16.2. The molecule has 0 aromatic heterocycles. The van der Waals surface area contributed by atoms with Gasteiger partial charge in [0.05, 0.1) is 19.1 Å². The smallest absolute Gasteiger partial charge is 0.375 e. The monoisotopic (exact) mass is 282 g/mol. The van der Waals surface area contributed by atoms with Crippen molar-refractivity contribution in [2.75, 3.05) is 32.8 Å². The van der Waals surface area contributed by atoms with E-state index in [0.717, 1.165) is 11.3 Å². The van der Waals surface area contributed by atoms with Crippen molar-refractivity contribution in [2.24, 2.45) is 0 Å². The Balaban J connectivity index is 2.49. The topological polar surface area (TPSA) is 41.6 Å². The van der Waals surface area contributed by atoms with Crippen LogP contribution >= 0.6 is 0 Å². The molecule has 1 saturated heterocycles. The molecule has 1 atom stereocenters. The van der Waals surface area contributed by atoms with Crippen molar-refractivity contribution in [3.63, 3.8) is 0 Å². The first-order valence-electron chi connectivity index (χ1n) is 6.59. The Labute approximate surface area is 111 Å². The average Bonchev–Trinajstić information content (AvgIpc) is 2.34. The zero-order chi connectivity index (χ0) is 14.3. The number of halogens is 3. The third-order valence-corrected chi connectivity index (χ3v) is 2.91. The van der Waals surface area contributed by atoms with Gasteiger partial charge in [-0.15, -0.1) is 0 Å². The molecule has 4 nitrogen and oxygen atoms in total. The van der Waals surface area contributed by atoms with Gasteiger partial charge >= 0.3 is 6.18 Å². The van der Waals surface area contributed by atoms with E-state index in [2.05, 4.69) is 5.32 Å². The molecule has 0 bridgehead atoms. The van der Waals surface area contributed by atoms with Crippen molar-refractivity contribution in [2.45, 2.75) is 38.5 Å². The average molecular weight is 282 g/mol. The molecule has 0 aromatic carbocycles. The number of ether oxygens (including phenoxy) is 1. The minimum atomic E-state index is -4.35. The zero-order valence-electron chi connectivity index (χ0n) is 11.1. The number of nitrogens with one attached hydrogen (secondary N) is 1. The number of carbonyl (C=O) groups is 1. The van der Waals surface area contributed by atoms with E-state index in [1.165, 1.54) is 0 Å². The maximum absolute atomic E-state index is 12.4. The Bertz CT molecular complexity index is 279. The molecule has 1 aliphatic rings. The van der Waals surface area contributed by atoms with Crippen LogP contribution in [-0.2, 0) is 9.53 Å². The highest BCUT2D eigenvalue weighted by molar-refractivity contribution is 5.76. The van der Waals surface area contributed by atoms with Gasteiger partial charge in [-0.05, 0) is 6.42 Å². The zero-order valence-corrected chi connectivity index (χ0v) is 11.1. The highest BCUT2D eigenvalue weighted by atomic mass is 19.4. The fraction of sp³-hybridized carbons (Fsp3) is 0.917. The molecule has 19 heavy (non-hydrogen) atoms. The summed E-state index contributed by atoms with van der Waals surface area (Å²) in [5.41, 5.74) is 0. The second-order valence-electron chi connectivity index (χ2n) is 4.69. The molecule has 112 valence electrons. The van der Waals surface area contributed by atoms with Crippen LogP contribution in [0.25, 0.3) is 0 Å². The Kier molecular flexibility index (Phi) is 6.57. The molecular formula is C12H21F3N2O2. The summed E-state index contributed by atoms with van der Waals surface area (Å²) in [6.45, 7) is 2.57. The van der Waals surface area contributed by atoms with Crippen LogP contribution in [0, 0.1) is 0 Å². The highest BCUT2D eigenvalue weighted by Crippen LogP contribution is 2.18. The number of amides is 1. The van der Waals surface area contributed by atoms with Gasteiger partial charge in [-0.2, -0.15) is 13.2 Å². The van der Waals surface area contributed by atoms with E-state index in [0.29, 0.717) is 26.1 Å². The minimum Gasteiger partial charge on any atom is -0.375 e. The third-order valence-electron chi connectivity index (χ3n) is 2.91. The van der Waals surface area contributed by atoms with E-state index in [9.17, 15) is 18.0 Å². The van der Waals surface area contributed by atoms with Crippen LogP contribution in [0.15, 0.2) is 0 Å². The molecule has 1 heterocycles. The second-order valence-corrected chi connectivity index (χ2v) is 4.69. The second kappa shape index (κ2) is 7.69. The summed E-state index contributed by atoms with van der Waals surface area (Å²) in [6, 6.07) is 0. The molecule has 1 amide bonds. The largest absolute Gasteiger partial charge is 0.406 e. The van der Waals surface area contributed by atoms with Crippen molar-refractivity contribution in [3.8, 4) is 0 Å². The number of carbonyl (C=O) groups excluding carboxylic acids is 1. The first-order chi connectivity index (χ1) is 8.92. The Hall–Kier alpha value is -0.820. The normalized spacial score (nSPS) is 20.3. The summed E-state index contributed by atoms with van der Waals surface area (Å²) in [5, 5.41) is 3.05. The van der Waals surface area contributed by atoms with Gasteiger partial charge in [0.15, 0.2) is 0 Å². The maximum atomic E-state index is 12.4. The van der Waals surface area contributed by atoms with E-state index in [1.807, 2.05) is 6.92 Å². The van der Waals surface area contributed by atoms with Crippen molar-refractivity contribution in [1.29, 1.82) is 0 Å². The molecule has 0 radical (unpaired) electrons. The van der Waals surface area contributed by atoms with Crippen molar-refractivity contribution >= 4 is 5.91 Å². The molecule has 0 aromatic rings. The van der Waals surface area contributed by atoms with E-state index < -0.39 is 18.6 Å². The summed E-state index contributed by atoms with van der Waals surface area (Å²) in [4.78, 5) is 12.8. The number of nitrogens with zero attached hydrogens (tertiary/aromatic N) is 1. The number of hydrogen-bond donors (Lipinski definition) is 1. The summed E-state index contributed by atoms with van der Waals surface area (Å²) in [6.07, 6.45) is -3.34. The van der Waals surface area contributed by atoms with Gasteiger partial charge in [0, 0.05) is 19.6 Å². The fourth-order valence-electron chi connectivity index (χ4n) is 1.93. The fourth-order valence-corrected chi connectivity index (χ4v) is 1.93. The number of hydrogen-bond acceptors (Lipinski definition) is 3. The number of morpholine rings is 1. The Morgan fingerprint density at radius 3 is 2.74 bits per heavy atom. The summed E-state index contributed by atoms with van der Waals surface area (Å²) < 4.78 is 42.6. The van der Waals surface area contributed by atoms with Gasteiger partial charge in [0.2, 0.25) is 5.91 Å². The highest BCUT2D eigenvalue weighted by Gasteiger charge is 2.33. The lowest BCUT2D eigenvalue weighted by Gasteiger charge is -2.28. The summed E-state index contributed by atoms with van der Waals surface area (Å²) >= 11 is 0. The van der Waals surface area contributed by atoms with Crippen LogP contribution in [0.4, 0.5) is 13.2 Å². The molecule has 0 aliphatic carbocycles. The maximum Gasteiger partial charge on any atom is 0.406 e. The molecule has 0 saturated carbocycles. The SMILES string of the molecule is CCCCN(CC(F)(F)F)C(=O)CC1CNCCO1. The van der Waals surface area contributed by atoms with Crippen LogP contribution in [0.2, 0.25) is 0 Å².